The van der Waals surface area contributed by atoms with Gasteiger partial charge in [-0.3, -0.25) is 0 Å². The summed E-state index contributed by atoms with van der Waals surface area (Å²) in [6, 6.07) is 6.89. The molecule has 70 valence electrons. The normalized spacial score (nSPS) is 8.36. The molecule has 3 nitrogen and oxygen atoms in total. The number of benzene rings is 1. The van der Waals surface area contributed by atoms with Crippen LogP contribution in [0.1, 0.15) is 11.1 Å². The molecule has 0 aliphatic rings. The molecule has 0 spiro atoms. The zero-order valence-corrected chi connectivity index (χ0v) is 7.74. The molecule has 0 fully saturated rings. The van der Waals surface area contributed by atoms with Gasteiger partial charge in [-0.15, -0.1) is 0 Å². The van der Waals surface area contributed by atoms with Crippen molar-refractivity contribution in [3.8, 4) is 23.7 Å². The molecule has 0 unspecified atom stereocenters. The second kappa shape index (κ2) is 4.91. The molecule has 0 amide bonds. The van der Waals surface area contributed by atoms with E-state index >= 15 is 0 Å². The minimum absolute atomic E-state index is 0.0504. The second-order valence-corrected chi connectivity index (χ2v) is 2.55. The molecule has 0 saturated carbocycles. The van der Waals surface area contributed by atoms with Crippen LogP contribution in [0.4, 0.5) is 0 Å². The van der Waals surface area contributed by atoms with Gasteiger partial charge in [-0.25, -0.2) is 0 Å². The number of aliphatic hydroxyl groups excluding tert-OH is 1. The monoisotopic (exact) mass is 187 g/mol. The van der Waals surface area contributed by atoms with Crippen molar-refractivity contribution >= 4 is 0 Å². The zero-order valence-electron chi connectivity index (χ0n) is 7.74. The van der Waals surface area contributed by atoms with Crippen molar-refractivity contribution in [3.05, 3.63) is 29.3 Å². The van der Waals surface area contributed by atoms with Crippen LogP contribution in [0.3, 0.4) is 0 Å². The maximum Gasteiger partial charge on any atom is 0.152 e. The van der Waals surface area contributed by atoms with Gasteiger partial charge in [-0.1, -0.05) is 6.07 Å². The van der Waals surface area contributed by atoms with E-state index < -0.39 is 0 Å². The summed E-state index contributed by atoms with van der Waals surface area (Å²) in [6.07, 6.45) is 0. The molecule has 3 heteroatoms. The summed E-state index contributed by atoms with van der Waals surface area (Å²) in [5.41, 5.74) is 1.36. The van der Waals surface area contributed by atoms with Crippen molar-refractivity contribution in [2.75, 3.05) is 7.11 Å². The average Bonchev–Trinajstić information content (AvgIpc) is 2.25. The fourth-order valence-electron chi connectivity index (χ4n) is 1.05. The molecule has 0 aliphatic heterocycles. The average molecular weight is 187 g/mol. The van der Waals surface area contributed by atoms with Crippen molar-refractivity contribution in [1.29, 1.82) is 5.26 Å². The standard InChI is InChI=1S/C11H9NO2/c1-14-11-5-4-9(8-13)7-10(11)3-2-6-12/h4-5,7,13H,8H2,1H3. The van der Waals surface area contributed by atoms with E-state index in [-0.39, 0.29) is 6.61 Å². The highest BCUT2D eigenvalue weighted by Crippen LogP contribution is 2.18. The Hall–Kier alpha value is -1.97. The van der Waals surface area contributed by atoms with Gasteiger partial charge in [0.25, 0.3) is 0 Å². The lowest BCUT2D eigenvalue weighted by atomic mass is 10.1. The maximum atomic E-state index is 8.90. The van der Waals surface area contributed by atoms with Gasteiger partial charge >= 0.3 is 0 Å². The summed E-state index contributed by atoms with van der Waals surface area (Å²) in [6.45, 7) is -0.0504. The third-order valence-electron chi connectivity index (χ3n) is 1.70. The third-order valence-corrected chi connectivity index (χ3v) is 1.70. The lowest BCUT2D eigenvalue weighted by Gasteiger charge is -2.04. The highest BCUT2D eigenvalue weighted by molar-refractivity contribution is 5.49. The van der Waals surface area contributed by atoms with Gasteiger partial charge in [0.2, 0.25) is 0 Å². The first kappa shape index (κ1) is 10.1. The van der Waals surface area contributed by atoms with Gasteiger partial charge in [0.1, 0.15) is 5.75 Å². The molecule has 1 N–H and O–H groups in total. The number of rotatable bonds is 2. The van der Waals surface area contributed by atoms with Gasteiger partial charge in [0.05, 0.1) is 19.3 Å². The SMILES string of the molecule is COc1ccc(CO)cc1C#CC#N. The van der Waals surface area contributed by atoms with Gasteiger partial charge in [0.15, 0.2) is 6.07 Å². The van der Waals surface area contributed by atoms with Crippen LogP contribution in [-0.2, 0) is 6.61 Å². The van der Waals surface area contributed by atoms with Crippen LogP contribution in [0.25, 0.3) is 0 Å². The lowest BCUT2D eigenvalue weighted by Crippen LogP contribution is -1.90. The van der Waals surface area contributed by atoms with E-state index in [0.717, 1.165) is 5.56 Å². The van der Waals surface area contributed by atoms with Crippen LogP contribution >= 0.6 is 0 Å². The maximum absolute atomic E-state index is 8.90. The number of nitrogens with zero attached hydrogens (tertiary/aromatic N) is 1. The number of methoxy groups -OCH3 is 1. The number of ether oxygens (including phenoxy) is 1. The van der Waals surface area contributed by atoms with Crippen molar-refractivity contribution < 1.29 is 9.84 Å². The number of hydrogen-bond donors (Lipinski definition) is 1. The zero-order chi connectivity index (χ0) is 10.4. The van der Waals surface area contributed by atoms with Gasteiger partial charge in [-0.2, -0.15) is 5.26 Å². The first-order valence-electron chi connectivity index (χ1n) is 3.99. The van der Waals surface area contributed by atoms with E-state index in [1.54, 1.807) is 24.3 Å². The third kappa shape index (κ3) is 2.26. The number of aliphatic hydroxyl groups is 1. The number of hydrogen-bond acceptors (Lipinski definition) is 3. The van der Waals surface area contributed by atoms with Crippen LogP contribution in [0, 0.1) is 23.2 Å². The molecule has 0 atom stereocenters. The molecule has 1 aromatic rings. The first-order chi connectivity index (χ1) is 6.81. The summed E-state index contributed by atoms with van der Waals surface area (Å²) in [4.78, 5) is 0. The van der Waals surface area contributed by atoms with Gasteiger partial charge < -0.3 is 9.84 Å². The van der Waals surface area contributed by atoms with E-state index in [1.165, 1.54) is 7.11 Å². The molecule has 0 radical (unpaired) electrons. The van der Waals surface area contributed by atoms with Crippen molar-refractivity contribution in [1.82, 2.24) is 0 Å². The van der Waals surface area contributed by atoms with E-state index in [0.29, 0.717) is 11.3 Å². The fraction of sp³-hybridized carbons (Fsp3) is 0.182. The summed E-state index contributed by atoms with van der Waals surface area (Å²) in [5, 5.41) is 17.2. The highest BCUT2D eigenvalue weighted by Gasteiger charge is 2.00. The predicted molar refractivity (Wildman–Crippen MR) is 51.4 cm³/mol. The molecule has 0 heterocycles. The van der Waals surface area contributed by atoms with Crippen molar-refractivity contribution in [2.24, 2.45) is 0 Å². The van der Waals surface area contributed by atoms with E-state index in [4.69, 9.17) is 15.1 Å². The molecule has 14 heavy (non-hydrogen) atoms. The summed E-state index contributed by atoms with van der Waals surface area (Å²) in [7, 11) is 1.53. The summed E-state index contributed by atoms with van der Waals surface area (Å²) < 4.78 is 5.05. The summed E-state index contributed by atoms with van der Waals surface area (Å²) >= 11 is 0. The molecule has 0 aliphatic carbocycles. The Morgan fingerprint density at radius 1 is 1.50 bits per heavy atom. The largest absolute Gasteiger partial charge is 0.495 e. The van der Waals surface area contributed by atoms with Crippen molar-refractivity contribution in [3.63, 3.8) is 0 Å². The minimum Gasteiger partial charge on any atom is -0.495 e. The van der Waals surface area contributed by atoms with E-state index in [2.05, 4.69) is 11.8 Å². The van der Waals surface area contributed by atoms with Crippen LogP contribution < -0.4 is 4.74 Å². The second-order valence-electron chi connectivity index (χ2n) is 2.55. The Kier molecular flexibility index (Phi) is 3.55. The Labute approximate surface area is 82.6 Å². The smallest absolute Gasteiger partial charge is 0.152 e. The Balaban J connectivity index is 3.16. The predicted octanol–water partition coefficient (Wildman–Crippen LogP) is 1.06. The molecule has 0 saturated heterocycles. The van der Waals surface area contributed by atoms with Gasteiger partial charge in [0, 0.05) is 5.92 Å². The minimum atomic E-state index is -0.0504. The molecule has 1 aromatic carbocycles. The van der Waals surface area contributed by atoms with E-state index in [9.17, 15) is 0 Å². The molecular formula is C11H9NO2. The summed E-state index contributed by atoms with van der Waals surface area (Å²) in [5.74, 6) is 5.53. The van der Waals surface area contributed by atoms with Crippen molar-refractivity contribution in [2.45, 2.75) is 6.61 Å². The first-order valence-corrected chi connectivity index (χ1v) is 3.99. The van der Waals surface area contributed by atoms with Crippen LogP contribution in [0.5, 0.6) is 5.75 Å². The van der Waals surface area contributed by atoms with Crippen LogP contribution in [0.15, 0.2) is 18.2 Å². The molecule has 1 rings (SSSR count). The Morgan fingerprint density at radius 3 is 2.86 bits per heavy atom. The van der Waals surface area contributed by atoms with E-state index in [1.807, 2.05) is 0 Å². The fourth-order valence-corrected chi connectivity index (χ4v) is 1.05. The Bertz CT molecular complexity index is 421. The topological polar surface area (TPSA) is 53.2 Å². The van der Waals surface area contributed by atoms with Crippen LogP contribution in [-0.4, -0.2) is 12.2 Å². The number of nitriles is 1. The van der Waals surface area contributed by atoms with Gasteiger partial charge in [-0.05, 0) is 23.6 Å². The Morgan fingerprint density at radius 2 is 2.29 bits per heavy atom. The lowest BCUT2D eigenvalue weighted by molar-refractivity contribution is 0.281. The molecule has 0 aromatic heterocycles. The quantitative estimate of drug-likeness (QED) is 0.704. The highest BCUT2D eigenvalue weighted by atomic mass is 16.5. The molecular weight excluding hydrogens is 178 g/mol. The van der Waals surface area contributed by atoms with Crippen LogP contribution in [0.2, 0.25) is 0 Å². The molecule has 0 bridgehead atoms.